The van der Waals surface area contributed by atoms with E-state index in [-0.39, 0.29) is 11.3 Å². The maximum atomic E-state index is 12.7. The third-order valence-electron chi connectivity index (χ3n) is 4.69. The van der Waals surface area contributed by atoms with E-state index in [1.54, 1.807) is 23.3 Å². The van der Waals surface area contributed by atoms with Crippen molar-refractivity contribution in [2.75, 3.05) is 19.1 Å². The average Bonchev–Trinajstić information content (AvgIpc) is 3.11. The second-order valence-corrected chi connectivity index (χ2v) is 6.44. The monoisotopic (exact) mass is 401 g/mol. The lowest BCUT2D eigenvalue weighted by atomic mass is 10.1. The second kappa shape index (κ2) is 8.08. The normalized spacial score (nSPS) is 13.5. The Labute approximate surface area is 172 Å². The molecule has 1 N–H and O–H groups in total. The molecular weight excluding hydrogens is 382 g/mol. The summed E-state index contributed by atoms with van der Waals surface area (Å²) in [6, 6.07) is 15.3. The number of allylic oxidation sites excluding steroid dienone is 2. The zero-order chi connectivity index (χ0) is 21.1. The Hall–Kier alpha value is -4.13. The molecule has 30 heavy (non-hydrogen) atoms. The molecule has 2 heterocycles. The zero-order valence-electron chi connectivity index (χ0n) is 16.5. The molecule has 4 rings (SSSR count). The number of nitrogens with zero attached hydrogens (tertiary/aromatic N) is 2. The number of carbonyl (C=O) groups excluding carboxylic acids is 2. The number of aromatic nitrogens is 2. The van der Waals surface area contributed by atoms with E-state index in [2.05, 4.69) is 4.98 Å². The van der Waals surface area contributed by atoms with Crippen molar-refractivity contribution in [2.45, 2.75) is 0 Å². The summed E-state index contributed by atoms with van der Waals surface area (Å²) in [5.41, 5.74) is 3.13. The van der Waals surface area contributed by atoms with E-state index in [1.807, 2.05) is 48.5 Å². The molecule has 0 aliphatic carbocycles. The number of ether oxygens (including phenoxy) is 2. The van der Waals surface area contributed by atoms with Crippen LogP contribution < -0.4 is 4.90 Å². The molecule has 7 heteroatoms. The van der Waals surface area contributed by atoms with E-state index < -0.39 is 11.9 Å². The lowest BCUT2D eigenvalue weighted by Gasteiger charge is -2.23. The van der Waals surface area contributed by atoms with Gasteiger partial charge in [-0.15, -0.1) is 0 Å². The largest absolute Gasteiger partial charge is 0.465 e. The maximum Gasteiger partial charge on any atom is 0.355 e. The third kappa shape index (κ3) is 3.37. The van der Waals surface area contributed by atoms with Gasteiger partial charge in [-0.1, -0.05) is 42.5 Å². The molecule has 1 aliphatic heterocycles. The Morgan fingerprint density at radius 2 is 1.70 bits per heavy atom. The Morgan fingerprint density at radius 1 is 0.933 bits per heavy atom. The van der Waals surface area contributed by atoms with Gasteiger partial charge < -0.3 is 19.4 Å². The van der Waals surface area contributed by atoms with Gasteiger partial charge in [0.05, 0.1) is 31.0 Å². The number of hydrogen-bond acceptors (Lipinski definition) is 6. The van der Waals surface area contributed by atoms with Gasteiger partial charge >= 0.3 is 11.9 Å². The van der Waals surface area contributed by atoms with Crippen LogP contribution in [-0.4, -0.2) is 36.1 Å². The van der Waals surface area contributed by atoms with Crippen LogP contribution >= 0.6 is 0 Å². The molecule has 0 spiro atoms. The molecule has 0 unspecified atom stereocenters. The van der Waals surface area contributed by atoms with Crippen LogP contribution in [0.5, 0.6) is 0 Å². The van der Waals surface area contributed by atoms with Gasteiger partial charge in [0.15, 0.2) is 0 Å². The molecule has 0 amide bonds. The lowest BCUT2D eigenvalue weighted by molar-refractivity contribution is -0.139. The summed E-state index contributed by atoms with van der Waals surface area (Å²) < 4.78 is 9.84. The molecule has 0 fully saturated rings. The summed E-state index contributed by atoms with van der Waals surface area (Å²) >= 11 is 0. The number of H-pyrrole nitrogens is 1. The minimum Gasteiger partial charge on any atom is -0.465 e. The van der Waals surface area contributed by atoms with Crippen molar-refractivity contribution in [3.05, 3.63) is 84.2 Å². The molecule has 0 atom stereocenters. The number of carbonyl (C=O) groups is 2. The fourth-order valence-electron chi connectivity index (χ4n) is 3.30. The first-order valence-corrected chi connectivity index (χ1v) is 9.23. The van der Waals surface area contributed by atoms with Crippen molar-refractivity contribution in [1.82, 2.24) is 9.97 Å². The molecule has 0 bridgehead atoms. The van der Waals surface area contributed by atoms with Crippen LogP contribution in [0.1, 0.15) is 0 Å². The highest BCUT2D eigenvalue weighted by Crippen LogP contribution is 2.33. The van der Waals surface area contributed by atoms with Gasteiger partial charge in [-0.2, -0.15) is 0 Å². The molecule has 1 aromatic heterocycles. The molecule has 7 nitrogen and oxygen atoms in total. The minimum absolute atomic E-state index is 0.0473. The Kier molecular flexibility index (Phi) is 5.17. The molecular formula is C23H19N3O4. The van der Waals surface area contributed by atoms with Gasteiger partial charge in [-0.05, 0) is 24.3 Å². The van der Waals surface area contributed by atoms with Crippen molar-refractivity contribution in [3.8, 4) is 11.4 Å². The van der Waals surface area contributed by atoms with Crippen molar-refractivity contribution in [1.29, 1.82) is 0 Å². The first-order valence-electron chi connectivity index (χ1n) is 9.23. The molecule has 0 saturated carbocycles. The van der Waals surface area contributed by atoms with Gasteiger partial charge in [0, 0.05) is 11.8 Å². The molecule has 0 radical (unpaired) electrons. The number of fused-ring (bicyclic) bond motifs is 1. The van der Waals surface area contributed by atoms with Gasteiger partial charge in [-0.25, -0.2) is 14.6 Å². The number of nitrogens with one attached hydrogen (secondary N) is 1. The first kappa shape index (κ1) is 19.2. The van der Waals surface area contributed by atoms with Crippen LogP contribution in [0.25, 0.3) is 22.4 Å². The van der Waals surface area contributed by atoms with Crippen LogP contribution in [0.2, 0.25) is 0 Å². The van der Waals surface area contributed by atoms with Crippen LogP contribution in [-0.2, 0) is 19.1 Å². The number of anilines is 1. The number of para-hydroxylation sites is 1. The number of imidazole rings is 1. The zero-order valence-corrected chi connectivity index (χ0v) is 16.5. The molecule has 0 saturated heterocycles. The van der Waals surface area contributed by atoms with E-state index in [4.69, 9.17) is 14.5 Å². The smallest absolute Gasteiger partial charge is 0.355 e. The Bertz CT molecular complexity index is 1210. The number of methoxy groups -OCH3 is 2. The van der Waals surface area contributed by atoms with Crippen LogP contribution in [0.4, 0.5) is 5.69 Å². The average molecular weight is 401 g/mol. The van der Waals surface area contributed by atoms with Gasteiger partial charge in [0.25, 0.3) is 0 Å². The van der Waals surface area contributed by atoms with Crippen molar-refractivity contribution in [3.63, 3.8) is 0 Å². The van der Waals surface area contributed by atoms with Crippen LogP contribution in [0.3, 0.4) is 0 Å². The SMILES string of the molecule is COC(=O)C1=C(C(=O)OC)N(c2cccc3[nH]c(-c4ccccc4)nc23)C=CC=C1. The van der Waals surface area contributed by atoms with E-state index in [0.717, 1.165) is 11.1 Å². The number of hydrogen-bond donors (Lipinski definition) is 1. The first-order chi connectivity index (χ1) is 14.6. The van der Waals surface area contributed by atoms with Gasteiger partial charge in [0.1, 0.15) is 17.0 Å². The molecule has 2 aromatic carbocycles. The Balaban J connectivity index is 1.92. The number of rotatable bonds is 4. The number of esters is 2. The predicted octanol–water partition coefficient (Wildman–Crippen LogP) is 3.72. The molecule has 3 aromatic rings. The second-order valence-electron chi connectivity index (χ2n) is 6.44. The van der Waals surface area contributed by atoms with E-state index in [1.165, 1.54) is 20.3 Å². The standard InChI is InChI=1S/C23H19N3O4/c1-29-22(27)16-11-6-7-14-26(20(16)23(28)30-2)18-13-8-12-17-19(18)25-21(24-17)15-9-4-3-5-10-15/h3-14H,1-2H3,(H,24,25). The fraction of sp³-hybridized carbons (Fsp3) is 0.0870. The summed E-state index contributed by atoms with van der Waals surface area (Å²) in [6.45, 7) is 0. The number of benzene rings is 2. The van der Waals surface area contributed by atoms with Gasteiger partial charge in [-0.3, -0.25) is 0 Å². The summed E-state index contributed by atoms with van der Waals surface area (Å²) in [5, 5.41) is 0. The van der Waals surface area contributed by atoms with E-state index in [0.29, 0.717) is 17.0 Å². The minimum atomic E-state index is -0.664. The highest BCUT2D eigenvalue weighted by molar-refractivity contribution is 6.07. The summed E-state index contributed by atoms with van der Waals surface area (Å²) in [4.78, 5) is 34.7. The summed E-state index contributed by atoms with van der Waals surface area (Å²) in [6.07, 6.45) is 6.59. The maximum absolute atomic E-state index is 12.7. The van der Waals surface area contributed by atoms with Crippen LogP contribution in [0.15, 0.2) is 84.2 Å². The van der Waals surface area contributed by atoms with Crippen LogP contribution in [0, 0.1) is 0 Å². The van der Waals surface area contributed by atoms with Crippen molar-refractivity contribution < 1.29 is 19.1 Å². The topological polar surface area (TPSA) is 84.5 Å². The summed E-state index contributed by atoms with van der Waals surface area (Å²) in [5.74, 6) is -0.603. The lowest BCUT2D eigenvalue weighted by Crippen LogP contribution is -2.27. The Morgan fingerprint density at radius 3 is 2.43 bits per heavy atom. The number of aromatic amines is 1. The third-order valence-corrected chi connectivity index (χ3v) is 4.69. The van der Waals surface area contributed by atoms with Crippen molar-refractivity contribution >= 4 is 28.7 Å². The van der Waals surface area contributed by atoms with E-state index >= 15 is 0 Å². The quantitative estimate of drug-likeness (QED) is 0.671. The molecule has 150 valence electrons. The highest BCUT2D eigenvalue weighted by atomic mass is 16.5. The fourth-order valence-corrected chi connectivity index (χ4v) is 3.30. The predicted molar refractivity (Wildman–Crippen MR) is 113 cm³/mol. The highest BCUT2D eigenvalue weighted by Gasteiger charge is 2.28. The summed E-state index contributed by atoms with van der Waals surface area (Å²) in [7, 11) is 2.53. The molecule has 1 aliphatic rings. The van der Waals surface area contributed by atoms with E-state index in [9.17, 15) is 9.59 Å². The van der Waals surface area contributed by atoms with Crippen molar-refractivity contribution in [2.24, 2.45) is 0 Å². The van der Waals surface area contributed by atoms with Gasteiger partial charge in [0.2, 0.25) is 0 Å².